The van der Waals surface area contributed by atoms with Crippen LogP contribution in [0.3, 0.4) is 0 Å². The minimum atomic E-state index is -4.91. The van der Waals surface area contributed by atoms with E-state index in [0.717, 1.165) is 11.6 Å². The smallest absolute Gasteiger partial charge is 0.405 e. The summed E-state index contributed by atoms with van der Waals surface area (Å²) in [6, 6.07) is 17.2. The first-order valence-electron chi connectivity index (χ1n) is 10.3. The lowest BCUT2D eigenvalue weighted by Gasteiger charge is -2.13. The number of hydrogen-bond donors (Lipinski definition) is 3. The van der Waals surface area contributed by atoms with Crippen molar-refractivity contribution in [2.75, 3.05) is 16.0 Å². The first-order valence-corrected chi connectivity index (χ1v) is 10.3. The number of aryl methyl sites for hydroxylation is 1. The van der Waals surface area contributed by atoms with Crippen LogP contribution in [0.25, 0.3) is 0 Å². The number of aromatic nitrogens is 3. The molecule has 3 N–H and O–H groups in total. The van der Waals surface area contributed by atoms with Gasteiger partial charge < -0.3 is 20.7 Å². The number of halogens is 3. The summed E-state index contributed by atoms with van der Waals surface area (Å²) >= 11 is 0. The minimum absolute atomic E-state index is 0.240. The third-order valence-electron chi connectivity index (χ3n) is 4.61. The fraction of sp³-hybridized carbons (Fsp3) is 0.0833. The molecule has 35 heavy (non-hydrogen) atoms. The molecular formula is C24H19F3N6O2. The number of rotatable bonds is 7. The molecule has 1 amide bonds. The highest BCUT2D eigenvalue weighted by Gasteiger charge is 2.32. The van der Waals surface area contributed by atoms with E-state index >= 15 is 0 Å². The number of carbonyl (C=O) groups is 1. The summed E-state index contributed by atoms with van der Waals surface area (Å²) in [5.74, 6) is 0.401. The van der Waals surface area contributed by atoms with Gasteiger partial charge in [0.25, 0.3) is 5.91 Å². The number of carbonyl (C=O) groups excluding carboxylic acids is 1. The van der Waals surface area contributed by atoms with Gasteiger partial charge in [-0.2, -0.15) is 0 Å². The predicted molar refractivity (Wildman–Crippen MR) is 125 cm³/mol. The maximum atomic E-state index is 12.6. The molecule has 4 rings (SSSR count). The number of para-hydroxylation sites is 1. The van der Waals surface area contributed by atoms with E-state index in [4.69, 9.17) is 0 Å². The van der Waals surface area contributed by atoms with Gasteiger partial charge in [-0.25, -0.2) is 15.0 Å². The largest absolute Gasteiger partial charge is 0.573 e. The molecule has 0 unspecified atom stereocenters. The summed E-state index contributed by atoms with van der Waals surface area (Å²) in [6.07, 6.45) is -1.81. The Balaban J connectivity index is 1.41. The number of pyridine rings is 1. The van der Waals surface area contributed by atoms with Crippen molar-refractivity contribution in [3.63, 3.8) is 0 Å². The lowest BCUT2D eigenvalue weighted by Crippen LogP contribution is -2.20. The summed E-state index contributed by atoms with van der Waals surface area (Å²) in [6.45, 7) is 1.96. The van der Waals surface area contributed by atoms with Gasteiger partial charge in [-0.05, 0) is 61.0 Å². The van der Waals surface area contributed by atoms with Gasteiger partial charge in [-0.1, -0.05) is 12.1 Å². The van der Waals surface area contributed by atoms with E-state index in [1.54, 1.807) is 36.5 Å². The van der Waals surface area contributed by atoms with Crippen LogP contribution in [-0.2, 0) is 0 Å². The first kappa shape index (κ1) is 23.5. The molecule has 0 aliphatic rings. The van der Waals surface area contributed by atoms with Gasteiger partial charge >= 0.3 is 6.36 Å². The lowest BCUT2D eigenvalue weighted by molar-refractivity contribution is -0.274. The van der Waals surface area contributed by atoms with Crippen molar-refractivity contribution in [1.82, 2.24) is 15.0 Å². The molecule has 0 aliphatic heterocycles. The number of amides is 1. The van der Waals surface area contributed by atoms with E-state index in [0.29, 0.717) is 28.8 Å². The van der Waals surface area contributed by atoms with E-state index in [1.807, 2.05) is 19.1 Å². The first-order chi connectivity index (χ1) is 16.7. The van der Waals surface area contributed by atoms with Crippen molar-refractivity contribution in [2.45, 2.75) is 13.3 Å². The van der Waals surface area contributed by atoms with Gasteiger partial charge in [0, 0.05) is 23.6 Å². The number of nitrogens with one attached hydrogen (secondary N) is 3. The second kappa shape index (κ2) is 10.1. The Kier molecular flexibility index (Phi) is 6.76. The molecule has 0 bridgehead atoms. The maximum absolute atomic E-state index is 12.6. The number of alkyl halides is 3. The van der Waals surface area contributed by atoms with Crippen LogP contribution in [0.1, 0.15) is 15.9 Å². The average Bonchev–Trinajstić information content (AvgIpc) is 2.80. The van der Waals surface area contributed by atoms with Crippen LogP contribution in [-0.4, -0.2) is 27.2 Å². The number of benzene rings is 2. The molecule has 0 spiro atoms. The number of ether oxygens (including phenoxy) is 1. The summed E-state index contributed by atoms with van der Waals surface area (Å²) < 4.78 is 41.8. The Hall–Kier alpha value is -4.67. The zero-order chi connectivity index (χ0) is 24.8. The van der Waals surface area contributed by atoms with Crippen LogP contribution in [0.4, 0.5) is 42.0 Å². The van der Waals surface area contributed by atoms with E-state index in [-0.39, 0.29) is 5.56 Å². The molecule has 0 radical (unpaired) electrons. The second-order valence-electron chi connectivity index (χ2n) is 7.33. The zero-order valence-corrected chi connectivity index (χ0v) is 18.3. The molecule has 178 valence electrons. The van der Waals surface area contributed by atoms with Gasteiger partial charge in [0.05, 0.1) is 5.56 Å². The highest BCUT2D eigenvalue weighted by molar-refractivity contribution is 6.06. The van der Waals surface area contributed by atoms with Gasteiger partial charge in [0.1, 0.15) is 29.5 Å². The lowest BCUT2D eigenvalue weighted by atomic mass is 10.2. The molecule has 8 nitrogen and oxygen atoms in total. The van der Waals surface area contributed by atoms with E-state index in [1.165, 1.54) is 24.5 Å². The standard InChI is InChI=1S/C24H19F3N6O2/c1-15-10-11-28-20(12-15)33-22-13-21(29-14-30-22)31-16-6-8-17(9-7-16)32-23(34)18-4-2-3-5-19(18)35-24(25,26)27/h2-14H,1H3,(H,32,34)(H2,28,29,30,31,33). The highest BCUT2D eigenvalue weighted by atomic mass is 19.4. The summed E-state index contributed by atoms with van der Waals surface area (Å²) in [5, 5.41) is 8.78. The highest BCUT2D eigenvalue weighted by Crippen LogP contribution is 2.27. The molecule has 2 heterocycles. The Morgan fingerprint density at radius 2 is 1.49 bits per heavy atom. The predicted octanol–water partition coefficient (Wildman–Crippen LogP) is 5.82. The minimum Gasteiger partial charge on any atom is -0.405 e. The molecular weight excluding hydrogens is 461 g/mol. The number of nitrogens with zero attached hydrogens (tertiary/aromatic N) is 3. The number of anilines is 5. The molecule has 0 aliphatic carbocycles. The normalized spacial score (nSPS) is 11.0. The van der Waals surface area contributed by atoms with Gasteiger partial charge in [0.2, 0.25) is 0 Å². The number of hydrogen-bond acceptors (Lipinski definition) is 7. The van der Waals surface area contributed by atoms with E-state index < -0.39 is 18.0 Å². The summed E-state index contributed by atoms with van der Waals surface area (Å²) in [5.41, 5.74) is 1.87. The molecule has 4 aromatic rings. The fourth-order valence-corrected chi connectivity index (χ4v) is 3.08. The fourth-order valence-electron chi connectivity index (χ4n) is 3.08. The van der Waals surface area contributed by atoms with Crippen LogP contribution < -0.4 is 20.7 Å². The quantitative estimate of drug-likeness (QED) is 0.306. The van der Waals surface area contributed by atoms with Crippen molar-refractivity contribution in [2.24, 2.45) is 0 Å². The third kappa shape index (κ3) is 6.67. The molecule has 11 heteroatoms. The van der Waals surface area contributed by atoms with E-state index in [9.17, 15) is 18.0 Å². The molecule has 0 atom stereocenters. The van der Waals surface area contributed by atoms with Crippen molar-refractivity contribution < 1.29 is 22.7 Å². The Morgan fingerprint density at radius 3 is 2.20 bits per heavy atom. The van der Waals surface area contributed by atoms with Crippen LogP contribution in [0.2, 0.25) is 0 Å². The topological polar surface area (TPSA) is 101 Å². The molecule has 0 fully saturated rings. The van der Waals surface area contributed by atoms with Crippen LogP contribution in [0.5, 0.6) is 5.75 Å². The molecule has 0 saturated carbocycles. The van der Waals surface area contributed by atoms with Crippen molar-refractivity contribution in [3.8, 4) is 5.75 Å². The Morgan fingerprint density at radius 1 is 0.829 bits per heavy atom. The molecule has 0 saturated heterocycles. The van der Waals surface area contributed by atoms with Gasteiger partial charge in [-0.15, -0.1) is 13.2 Å². The summed E-state index contributed by atoms with van der Waals surface area (Å²) in [7, 11) is 0. The second-order valence-corrected chi connectivity index (χ2v) is 7.33. The molecule has 2 aromatic carbocycles. The van der Waals surface area contributed by atoms with Crippen LogP contribution in [0.15, 0.2) is 79.3 Å². The van der Waals surface area contributed by atoms with E-state index in [2.05, 4.69) is 35.6 Å². The summed E-state index contributed by atoms with van der Waals surface area (Å²) in [4.78, 5) is 25.1. The Labute approximate surface area is 198 Å². The van der Waals surface area contributed by atoms with Gasteiger partial charge in [-0.3, -0.25) is 4.79 Å². The monoisotopic (exact) mass is 480 g/mol. The van der Waals surface area contributed by atoms with Gasteiger partial charge in [0.15, 0.2) is 0 Å². The van der Waals surface area contributed by atoms with Crippen molar-refractivity contribution in [3.05, 3.63) is 90.4 Å². The Bertz CT molecular complexity index is 1330. The SMILES string of the molecule is Cc1ccnc(Nc2cc(Nc3ccc(NC(=O)c4ccccc4OC(F)(F)F)cc3)ncn2)c1. The van der Waals surface area contributed by atoms with Crippen molar-refractivity contribution >= 4 is 34.7 Å². The average molecular weight is 480 g/mol. The maximum Gasteiger partial charge on any atom is 0.573 e. The third-order valence-corrected chi connectivity index (χ3v) is 4.61. The zero-order valence-electron chi connectivity index (χ0n) is 18.3. The van der Waals surface area contributed by atoms with Crippen molar-refractivity contribution in [1.29, 1.82) is 0 Å². The van der Waals surface area contributed by atoms with Crippen LogP contribution >= 0.6 is 0 Å². The molecule has 2 aromatic heterocycles. The van der Waals surface area contributed by atoms with Crippen LogP contribution in [0, 0.1) is 6.92 Å².